The third kappa shape index (κ3) is 5.71. The van der Waals surface area contributed by atoms with E-state index in [0.29, 0.717) is 12.1 Å². The van der Waals surface area contributed by atoms with Crippen molar-refractivity contribution >= 4 is 11.5 Å². The number of aliphatic imine (C=N–C) groups is 1. The average molecular weight is 383 g/mol. The standard InChI is InChI=1S/C21H29FN4.C2H2/c1-3-17-9-10-19(22)18(16-17)20(4-2)26-14-7-8-21(24-26)23-11-15-25-12-5-6-13-25;1-2/h4,7-10,16H,3,5-6,11-15H2,1-2H3,(H,23,24);1-2H/b20-4-;. The van der Waals surface area contributed by atoms with E-state index >= 15 is 0 Å². The Morgan fingerprint density at radius 2 is 2.04 bits per heavy atom. The van der Waals surface area contributed by atoms with Crippen molar-refractivity contribution in [2.24, 2.45) is 4.99 Å². The Morgan fingerprint density at radius 1 is 1.29 bits per heavy atom. The minimum absolute atomic E-state index is 0.195. The van der Waals surface area contributed by atoms with E-state index in [-0.39, 0.29) is 5.82 Å². The highest BCUT2D eigenvalue weighted by atomic mass is 19.1. The van der Waals surface area contributed by atoms with Crippen LogP contribution < -0.4 is 5.43 Å². The fourth-order valence-corrected chi connectivity index (χ4v) is 3.50. The van der Waals surface area contributed by atoms with Crippen LogP contribution >= 0.6 is 0 Å². The first kappa shape index (κ1) is 21.7. The molecule has 1 aromatic carbocycles. The Morgan fingerprint density at radius 3 is 2.71 bits per heavy atom. The maximum atomic E-state index is 14.4. The number of hydrazine groups is 1. The number of nitrogens with one attached hydrogen (secondary N) is 1. The second-order valence-corrected chi connectivity index (χ2v) is 6.78. The maximum absolute atomic E-state index is 14.4. The van der Waals surface area contributed by atoms with Gasteiger partial charge in [-0.1, -0.05) is 25.1 Å². The summed E-state index contributed by atoms with van der Waals surface area (Å²) < 4.78 is 14.4. The minimum Gasteiger partial charge on any atom is -0.301 e. The molecule has 0 bridgehead atoms. The second kappa shape index (κ2) is 11.3. The van der Waals surface area contributed by atoms with E-state index < -0.39 is 0 Å². The van der Waals surface area contributed by atoms with Gasteiger partial charge in [-0.15, -0.1) is 12.8 Å². The molecule has 1 N–H and O–H groups in total. The lowest BCUT2D eigenvalue weighted by Crippen LogP contribution is -2.43. The topological polar surface area (TPSA) is 30.9 Å². The molecule has 0 aromatic heterocycles. The van der Waals surface area contributed by atoms with E-state index in [1.807, 2.05) is 36.2 Å². The Hall–Kier alpha value is -2.58. The molecule has 4 nitrogen and oxygen atoms in total. The van der Waals surface area contributed by atoms with E-state index in [4.69, 9.17) is 0 Å². The number of allylic oxidation sites excluding steroid dienone is 1. The van der Waals surface area contributed by atoms with E-state index in [1.54, 1.807) is 6.07 Å². The van der Waals surface area contributed by atoms with Crippen LogP contribution in [0.25, 0.3) is 5.70 Å². The number of hydrogen-bond acceptors (Lipinski definition) is 3. The molecule has 2 aliphatic rings. The Bertz CT molecular complexity index is 742. The lowest BCUT2D eigenvalue weighted by molar-refractivity contribution is 0.347. The maximum Gasteiger partial charge on any atom is 0.139 e. The van der Waals surface area contributed by atoms with Crippen molar-refractivity contribution in [1.29, 1.82) is 0 Å². The molecule has 5 heteroatoms. The highest BCUT2D eigenvalue weighted by Gasteiger charge is 2.18. The van der Waals surface area contributed by atoms with E-state index in [9.17, 15) is 4.39 Å². The molecule has 2 aliphatic heterocycles. The van der Waals surface area contributed by atoms with Gasteiger partial charge >= 0.3 is 0 Å². The number of halogens is 1. The van der Waals surface area contributed by atoms with Crippen molar-refractivity contribution < 1.29 is 4.39 Å². The smallest absolute Gasteiger partial charge is 0.139 e. The number of likely N-dealkylation sites (tertiary alicyclic amines) is 1. The molecule has 0 saturated carbocycles. The third-order valence-electron chi connectivity index (χ3n) is 4.99. The average Bonchev–Trinajstić information content (AvgIpc) is 3.25. The molecule has 1 aromatic rings. The summed E-state index contributed by atoms with van der Waals surface area (Å²) in [5, 5.41) is 1.96. The van der Waals surface area contributed by atoms with Crippen LogP contribution in [0.5, 0.6) is 0 Å². The second-order valence-electron chi connectivity index (χ2n) is 6.78. The molecule has 2 heterocycles. The number of rotatable bonds is 6. The molecule has 0 unspecified atom stereocenters. The van der Waals surface area contributed by atoms with Crippen molar-refractivity contribution in [3.05, 3.63) is 53.4 Å². The van der Waals surface area contributed by atoms with Crippen molar-refractivity contribution in [3.63, 3.8) is 0 Å². The normalized spacial score (nSPS) is 18.7. The zero-order valence-corrected chi connectivity index (χ0v) is 17.0. The van der Waals surface area contributed by atoms with Crippen molar-refractivity contribution in [1.82, 2.24) is 15.3 Å². The molecule has 0 atom stereocenters. The van der Waals surface area contributed by atoms with Crippen LogP contribution in [0, 0.1) is 18.7 Å². The van der Waals surface area contributed by atoms with Gasteiger partial charge in [-0.05, 0) is 63.0 Å². The van der Waals surface area contributed by atoms with E-state index in [2.05, 4.69) is 41.2 Å². The van der Waals surface area contributed by atoms with Crippen molar-refractivity contribution in [3.8, 4) is 12.8 Å². The van der Waals surface area contributed by atoms with Gasteiger partial charge in [0.2, 0.25) is 0 Å². The zero-order chi connectivity index (χ0) is 20.4. The van der Waals surface area contributed by atoms with Crippen LogP contribution in [-0.4, -0.2) is 48.5 Å². The van der Waals surface area contributed by atoms with Gasteiger partial charge in [-0.2, -0.15) is 0 Å². The molecule has 1 saturated heterocycles. The predicted octanol–water partition coefficient (Wildman–Crippen LogP) is 3.87. The molecule has 0 radical (unpaired) electrons. The summed E-state index contributed by atoms with van der Waals surface area (Å²) in [6.45, 7) is 8.87. The van der Waals surface area contributed by atoms with E-state index in [1.165, 1.54) is 25.9 Å². The fourth-order valence-electron chi connectivity index (χ4n) is 3.50. The lowest BCUT2D eigenvalue weighted by atomic mass is 10.0. The summed E-state index contributed by atoms with van der Waals surface area (Å²) in [6, 6.07) is 5.35. The van der Waals surface area contributed by atoms with Crippen LogP contribution in [-0.2, 0) is 6.42 Å². The van der Waals surface area contributed by atoms with Gasteiger partial charge in [0.05, 0.1) is 18.8 Å². The van der Waals surface area contributed by atoms with Gasteiger partial charge in [0, 0.05) is 12.1 Å². The first-order valence-electron chi connectivity index (χ1n) is 9.97. The number of benzene rings is 1. The number of aryl methyl sites for hydroxylation is 1. The Kier molecular flexibility index (Phi) is 8.77. The summed E-state index contributed by atoms with van der Waals surface area (Å²) in [5.41, 5.74) is 5.94. The molecule has 0 aliphatic carbocycles. The van der Waals surface area contributed by atoms with Crippen molar-refractivity contribution in [2.75, 3.05) is 32.7 Å². The van der Waals surface area contributed by atoms with Gasteiger partial charge in [-0.3, -0.25) is 15.4 Å². The van der Waals surface area contributed by atoms with Crippen LogP contribution in [0.15, 0.2) is 41.4 Å². The first-order chi connectivity index (χ1) is 13.7. The van der Waals surface area contributed by atoms with Gasteiger partial charge in [-0.25, -0.2) is 4.39 Å². The molecule has 28 heavy (non-hydrogen) atoms. The molecular weight excluding hydrogens is 351 g/mol. The quantitative estimate of drug-likeness (QED) is 0.758. The Balaban J connectivity index is 0.00000136. The highest BCUT2D eigenvalue weighted by Crippen LogP contribution is 2.23. The summed E-state index contributed by atoms with van der Waals surface area (Å²) >= 11 is 0. The number of hydrogen-bond donors (Lipinski definition) is 1. The zero-order valence-electron chi connectivity index (χ0n) is 17.0. The molecule has 0 spiro atoms. The van der Waals surface area contributed by atoms with Crippen LogP contribution in [0.1, 0.15) is 37.8 Å². The minimum atomic E-state index is -0.195. The third-order valence-corrected chi connectivity index (χ3v) is 4.99. The summed E-state index contributed by atoms with van der Waals surface area (Å²) in [7, 11) is 0. The first-order valence-corrected chi connectivity index (χ1v) is 9.97. The Labute approximate surface area is 168 Å². The van der Waals surface area contributed by atoms with Gasteiger partial charge in [0.25, 0.3) is 0 Å². The molecule has 1 fully saturated rings. The van der Waals surface area contributed by atoms with Crippen LogP contribution in [0.2, 0.25) is 0 Å². The lowest BCUT2D eigenvalue weighted by Gasteiger charge is -2.31. The SMILES string of the molecule is C#C.C/C=C(/c1cc(CC)ccc1F)N1CC=CC(=NCCN2CCCC2)N1. The fraction of sp³-hybridized carbons (Fsp3) is 0.435. The highest BCUT2D eigenvalue weighted by molar-refractivity contribution is 5.94. The summed E-state index contributed by atoms with van der Waals surface area (Å²) in [6.07, 6.45) is 17.5. The van der Waals surface area contributed by atoms with Crippen LogP contribution in [0.3, 0.4) is 0 Å². The predicted molar refractivity (Wildman–Crippen MR) is 116 cm³/mol. The molecule has 3 rings (SSSR count). The van der Waals surface area contributed by atoms with Crippen LogP contribution in [0.4, 0.5) is 4.39 Å². The largest absolute Gasteiger partial charge is 0.301 e. The molecule has 150 valence electrons. The number of nitrogens with zero attached hydrogens (tertiary/aromatic N) is 3. The van der Waals surface area contributed by atoms with Gasteiger partial charge < -0.3 is 4.90 Å². The summed E-state index contributed by atoms with van der Waals surface area (Å²) in [4.78, 5) is 7.13. The monoisotopic (exact) mass is 382 g/mol. The summed E-state index contributed by atoms with van der Waals surface area (Å²) in [5.74, 6) is 0.640. The number of terminal acetylenes is 1. The molecular formula is C23H31FN4. The van der Waals surface area contributed by atoms with E-state index in [0.717, 1.165) is 36.6 Å². The van der Waals surface area contributed by atoms with Crippen molar-refractivity contribution in [2.45, 2.75) is 33.1 Å². The van der Waals surface area contributed by atoms with Gasteiger partial charge in [0.1, 0.15) is 11.7 Å². The molecule has 0 amide bonds. The number of amidine groups is 1. The van der Waals surface area contributed by atoms with Gasteiger partial charge in [0.15, 0.2) is 0 Å².